The fraction of sp³-hybridized carbons (Fsp3) is 0.375. The van der Waals surface area contributed by atoms with E-state index in [4.69, 9.17) is 5.84 Å². The second-order valence-corrected chi connectivity index (χ2v) is 4.86. The Labute approximate surface area is 120 Å². The molecule has 1 atom stereocenters. The topological polar surface area (TPSA) is 63.8 Å². The van der Waals surface area contributed by atoms with Crippen LogP contribution in [0.15, 0.2) is 36.8 Å². The minimum absolute atomic E-state index is 0.0629. The summed E-state index contributed by atoms with van der Waals surface area (Å²) in [6.07, 6.45) is 8.40. The predicted molar refractivity (Wildman–Crippen MR) is 81.0 cm³/mol. The van der Waals surface area contributed by atoms with Crippen LogP contribution in [0.25, 0.3) is 0 Å². The van der Waals surface area contributed by atoms with Gasteiger partial charge in [-0.2, -0.15) is 0 Å². The van der Waals surface area contributed by atoms with E-state index >= 15 is 0 Å². The van der Waals surface area contributed by atoms with Crippen molar-refractivity contribution in [2.75, 3.05) is 0 Å². The summed E-state index contributed by atoms with van der Waals surface area (Å²) < 4.78 is 0. The quantitative estimate of drug-likeness (QED) is 0.625. The van der Waals surface area contributed by atoms with Gasteiger partial charge in [-0.1, -0.05) is 19.9 Å². The fourth-order valence-corrected chi connectivity index (χ4v) is 2.33. The van der Waals surface area contributed by atoms with Crippen LogP contribution in [0.5, 0.6) is 0 Å². The van der Waals surface area contributed by atoms with Gasteiger partial charge in [0.15, 0.2) is 0 Å². The van der Waals surface area contributed by atoms with Gasteiger partial charge in [-0.3, -0.25) is 21.2 Å². The lowest BCUT2D eigenvalue weighted by molar-refractivity contribution is 0.541. The molecule has 0 saturated heterocycles. The predicted octanol–water partition coefficient (Wildman–Crippen LogP) is 2.35. The third-order valence-corrected chi connectivity index (χ3v) is 3.61. The van der Waals surface area contributed by atoms with Gasteiger partial charge in [0.2, 0.25) is 0 Å². The molecule has 0 radical (unpaired) electrons. The Kier molecular flexibility index (Phi) is 5.21. The highest BCUT2D eigenvalue weighted by molar-refractivity contribution is 5.28. The van der Waals surface area contributed by atoms with Crippen LogP contribution in [0.2, 0.25) is 0 Å². The fourth-order valence-electron chi connectivity index (χ4n) is 2.33. The maximum atomic E-state index is 5.73. The van der Waals surface area contributed by atoms with Gasteiger partial charge in [0, 0.05) is 30.7 Å². The molecule has 3 N–H and O–H groups in total. The number of nitrogens with zero attached hydrogens (tertiary/aromatic N) is 2. The molecule has 2 heterocycles. The molecule has 0 aliphatic carbocycles. The SMILES string of the molecule is CCc1ccc(CC(NN)c2ccncc2CC)nc1. The average Bonchev–Trinajstić information content (AvgIpc) is 2.53. The molecule has 0 aliphatic rings. The molecule has 0 saturated carbocycles. The molecule has 4 heteroatoms. The number of aryl methyl sites for hydroxylation is 2. The van der Waals surface area contributed by atoms with Crippen LogP contribution in [-0.2, 0) is 19.3 Å². The Morgan fingerprint density at radius 1 is 1.15 bits per heavy atom. The van der Waals surface area contributed by atoms with E-state index in [1.807, 2.05) is 24.7 Å². The highest BCUT2D eigenvalue weighted by Gasteiger charge is 2.14. The second-order valence-electron chi connectivity index (χ2n) is 4.86. The van der Waals surface area contributed by atoms with Crippen molar-refractivity contribution >= 4 is 0 Å². The minimum atomic E-state index is 0.0629. The summed E-state index contributed by atoms with van der Waals surface area (Å²) in [5.74, 6) is 5.73. The largest absolute Gasteiger partial charge is 0.271 e. The first kappa shape index (κ1) is 14.6. The van der Waals surface area contributed by atoms with Crippen LogP contribution in [0.3, 0.4) is 0 Å². The third kappa shape index (κ3) is 3.40. The molecule has 0 fully saturated rings. The van der Waals surface area contributed by atoms with Crippen LogP contribution in [0.1, 0.15) is 42.3 Å². The lowest BCUT2D eigenvalue weighted by Gasteiger charge is -2.18. The van der Waals surface area contributed by atoms with Crippen LogP contribution in [0.4, 0.5) is 0 Å². The summed E-state index contributed by atoms with van der Waals surface area (Å²) >= 11 is 0. The summed E-state index contributed by atoms with van der Waals surface area (Å²) in [5.41, 5.74) is 7.62. The Hall–Kier alpha value is -1.78. The molecule has 0 amide bonds. The summed E-state index contributed by atoms with van der Waals surface area (Å²) in [6, 6.07) is 6.30. The van der Waals surface area contributed by atoms with Gasteiger partial charge >= 0.3 is 0 Å². The van der Waals surface area contributed by atoms with Gasteiger partial charge in [-0.05, 0) is 41.7 Å². The standard InChI is InChI=1S/C16H22N4/c1-3-12-5-6-14(19-10-12)9-16(20-17)15-7-8-18-11-13(15)4-2/h5-8,10-11,16,20H,3-4,9,17H2,1-2H3. The van der Waals surface area contributed by atoms with Crippen molar-refractivity contribution in [3.05, 3.63) is 59.2 Å². The maximum absolute atomic E-state index is 5.73. The van der Waals surface area contributed by atoms with Crippen molar-refractivity contribution in [3.8, 4) is 0 Å². The smallest absolute Gasteiger partial charge is 0.0519 e. The van der Waals surface area contributed by atoms with Crippen molar-refractivity contribution in [2.24, 2.45) is 5.84 Å². The zero-order chi connectivity index (χ0) is 14.4. The molecule has 2 aromatic rings. The summed E-state index contributed by atoms with van der Waals surface area (Å²) in [7, 11) is 0. The molecule has 0 aromatic carbocycles. The lowest BCUT2D eigenvalue weighted by Crippen LogP contribution is -2.30. The van der Waals surface area contributed by atoms with E-state index in [1.54, 1.807) is 0 Å². The van der Waals surface area contributed by atoms with E-state index in [0.717, 1.165) is 25.0 Å². The van der Waals surface area contributed by atoms with Gasteiger partial charge < -0.3 is 0 Å². The monoisotopic (exact) mass is 270 g/mol. The van der Waals surface area contributed by atoms with E-state index in [0.29, 0.717) is 0 Å². The summed E-state index contributed by atoms with van der Waals surface area (Å²) in [5, 5.41) is 0. The summed E-state index contributed by atoms with van der Waals surface area (Å²) in [4.78, 5) is 8.69. The highest BCUT2D eigenvalue weighted by Crippen LogP contribution is 2.20. The number of aromatic nitrogens is 2. The molecule has 2 rings (SSSR count). The molecule has 0 spiro atoms. The Morgan fingerprint density at radius 3 is 2.60 bits per heavy atom. The van der Waals surface area contributed by atoms with Crippen molar-refractivity contribution in [3.63, 3.8) is 0 Å². The molecule has 20 heavy (non-hydrogen) atoms. The van der Waals surface area contributed by atoms with Crippen LogP contribution < -0.4 is 11.3 Å². The first-order chi connectivity index (χ1) is 9.78. The van der Waals surface area contributed by atoms with E-state index in [2.05, 4.69) is 41.4 Å². The molecule has 0 bridgehead atoms. The minimum Gasteiger partial charge on any atom is -0.271 e. The van der Waals surface area contributed by atoms with E-state index in [1.165, 1.54) is 16.7 Å². The molecule has 0 aliphatic heterocycles. The lowest BCUT2D eigenvalue weighted by atomic mass is 9.97. The molecule has 4 nitrogen and oxygen atoms in total. The van der Waals surface area contributed by atoms with E-state index in [-0.39, 0.29) is 6.04 Å². The highest BCUT2D eigenvalue weighted by atomic mass is 15.2. The van der Waals surface area contributed by atoms with Crippen molar-refractivity contribution < 1.29 is 0 Å². The zero-order valence-electron chi connectivity index (χ0n) is 12.1. The zero-order valence-corrected chi connectivity index (χ0v) is 12.1. The van der Waals surface area contributed by atoms with Gasteiger partial charge in [0.25, 0.3) is 0 Å². The first-order valence-electron chi connectivity index (χ1n) is 7.11. The number of hydrogen-bond acceptors (Lipinski definition) is 4. The molecular formula is C16H22N4. The number of nitrogens with two attached hydrogens (primary N) is 1. The molecular weight excluding hydrogens is 248 g/mol. The van der Waals surface area contributed by atoms with Crippen LogP contribution >= 0.6 is 0 Å². The van der Waals surface area contributed by atoms with Gasteiger partial charge in [-0.15, -0.1) is 0 Å². The Balaban J connectivity index is 2.19. The van der Waals surface area contributed by atoms with E-state index in [9.17, 15) is 0 Å². The van der Waals surface area contributed by atoms with Crippen LogP contribution in [-0.4, -0.2) is 9.97 Å². The van der Waals surface area contributed by atoms with Gasteiger partial charge in [0.1, 0.15) is 0 Å². The number of pyridine rings is 2. The molecule has 1 unspecified atom stereocenters. The number of hydrogen-bond donors (Lipinski definition) is 2. The van der Waals surface area contributed by atoms with E-state index < -0.39 is 0 Å². The van der Waals surface area contributed by atoms with Crippen molar-refractivity contribution in [1.29, 1.82) is 0 Å². The summed E-state index contributed by atoms with van der Waals surface area (Å²) in [6.45, 7) is 4.26. The van der Waals surface area contributed by atoms with Gasteiger partial charge in [0.05, 0.1) is 6.04 Å². The maximum Gasteiger partial charge on any atom is 0.0519 e. The molecule has 106 valence electrons. The van der Waals surface area contributed by atoms with Crippen molar-refractivity contribution in [1.82, 2.24) is 15.4 Å². The van der Waals surface area contributed by atoms with Crippen LogP contribution in [0, 0.1) is 0 Å². The van der Waals surface area contributed by atoms with Crippen molar-refractivity contribution in [2.45, 2.75) is 39.2 Å². The number of rotatable bonds is 6. The Morgan fingerprint density at radius 2 is 2.00 bits per heavy atom. The van der Waals surface area contributed by atoms with Gasteiger partial charge in [-0.25, -0.2) is 0 Å². The average molecular weight is 270 g/mol. The number of nitrogens with one attached hydrogen (secondary N) is 1. The molecule has 2 aromatic heterocycles. The number of hydrazine groups is 1. The Bertz CT molecular complexity index is 536. The third-order valence-electron chi connectivity index (χ3n) is 3.61. The normalized spacial score (nSPS) is 12.3. The first-order valence-corrected chi connectivity index (χ1v) is 7.11. The second kappa shape index (κ2) is 7.12.